The van der Waals surface area contributed by atoms with E-state index in [0.29, 0.717) is 18.9 Å². The zero-order valence-electron chi connectivity index (χ0n) is 15.2. The molecule has 1 atom stereocenters. The van der Waals surface area contributed by atoms with Gasteiger partial charge in [0.1, 0.15) is 5.75 Å². The van der Waals surface area contributed by atoms with Crippen LogP contribution in [0.25, 0.3) is 21.8 Å². The molecule has 0 radical (unpaired) electrons. The van der Waals surface area contributed by atoms with Crippen molar-refractivity contribution in [3.8, 4) is 5.75 Å². The summed E-state index contributed by atoms with van der Waals surface area (Å²) in [4.78, 5) is 6.49. The number of ether oxygens (including phenoxy) is 1. The standard InChI is InChI=1S/C20H24FN3O2/c1-3-4-19(23-7-9-26-10-8-23)24-17-11-14(25)5-6-15(17)16-12-18(21)22-13(2)20(16)24/h5-6,11-12,19,25H,3-4,7-10H2,1-2H3. The average molecular weight is 357 g/mol. The molecule has 26 heavy (non-hydrogen) atoms. The molecule has 0 aliphatic carbocycles. The van der Waals surface area contributed by atoms with Crippen LogP contribution in [0.1, 0.15) is 31.6 Å². The summed E-state index contributed by atoms with van der Waals surface area (Å²) in [5.74, 6) is -0.259. The third kappa shape index (κ3) is 2.83. The lowest BCUT2D eigenvalue weighted by Gasteiger charge is -2.36. The van der Waals surface area contributed by atoms with Gasteiger partial charge in [0.2, 0.25) is 5.95 Å². The fourth-order valence-electron chi connectivity index (χ4n) is 4.12. The predicted octanol–water partition coefficient (Wildman–Crippen LogP) is 3.97. The molecule has 3 aromatic rings. The van der Waals surface area contributed by atoms with E-state index in [4.69, 9.17) is 4.74 Å². The van der Waals surface area contributed by atoms with Gasteiger partial charge in [-0.05, 0) is 25.5 Å². The van der Waals surface area contributed by atoms with E-state index >= 15 is 0 Å². The van der Waals surface area contributed by atoms with Crippen LogP contribution in [0.15, 0.2) is 24.3 Å². The van der Waals surface area contributed by atoms with E-state index in [2.05, 4.69) is 21.4 Å². The Hall–Kier alpha value is -2.18. The molecule has 5 nitrogen and oxygen atoms in total. The van der Waals surface area contributed by atoms with Crippen LogP contribution in [-0.2, 0) is 4.74 Å². The van der Waals surface area contributed by atoms with E-state index in [9.17, 15) is 9.50 Å². The quantitative estimate of drug-likeness (QED) is 0.718. The zero-order valence-corrected chi connectivity index (χ0v) is 15.2. The third-order valence-corrected chi connectivity index (χ3v) is 5.22. The summed E-state index contributed by atoms with van der Waals surface area (Å²) in [6.07, 6.45) is 2.11. The van der Waals surface area contributed by atoms with E-state index in [-0.39, 0.29) is 11.9 Å². The number of benzene rings is 1. The summed E-state index contributed by atoms with van der Waals surface area (Å²) in [6.45, 7) is 7.17. The molecule has 2 aromatic heterocycles. The Bertz CT molecular complexity index is 947. The lowest BCUT2D eigenvalue weighted by atomic mass is 10.1. The molecule has 138 valence electrons. The summed E-state index contributed by atoms with van der Waals surface area (Å²) in [5, 5.41) is 11.9. The number of hydrogen-bond donors (Lipinski definition) is 1. The minimum Gasteiger partial charge on any atom is -0.508 e. The maximum absolute atomic E-state index is 14.0. The summed E-state index contributed by atoms with van der Waals surface area (Å²) in [5.41, 5.74) is 2.53. The number of rotatable bonds is 4. The van der Waals surface area contributed by atoms with Crippen molar-refractivity contribution in [2.24, 2.45) is 0 Å². The first-order chi connectivity index (χ1) is 12.6. The van der Waals surface area contributed by atoms with Gasteiger partial charge in [0.15, 0.2) is 0 Å². The predicted molar refractivity (Wildman–Crippen MR) is 99.9 cm³/mol. The van der Waals surface area contributed by atoms with Crippen molar-refractivity contribution in [2.75, 3.05) is 26.3 Å². The molecule has 6 heteroatoms. The third-order valence-electron chi connectivity index (χ3n) is 5.22. The van der Waals surface area contributed by atoms with Crippen LogP contribution in [0.3, 0.4) is 0 Å². The van der Waals surface area contributed by atoms with E-state index < -0.39 is 5.95 Å². The van der Waals surface area contributed by atoms with Gasteiger partial charge in [0.05, 0.1) is 36.1 Å². The Labute approximate surface area is 152 Å². The number of phenols is 1. The molecule has 3 heterocycles. The van der Waals surface area contributed by atoms with Gasteiger partial charge < -0.3 is 14.4 Å². The number of phenolic OH excluding ortho intramolecular Hbond substituents is 1. The summed E-state index contributed by atoms with van der Waals surface area (Å²) in [7, 11) is 0. The summed E-state index contributed by atoms with van der Waals surface area (Å²) in [6, 6.07) is 6.80. The van der Waals surface area contributed by atoms with Crippen molar-refractivity contribution < 1.29 is 14.2 Å². The van der Waals surface area contributed by atoms with Crippen molar-refractivity contribution in [1.82, 2.24) is 14.5 Å². The van der Waals surface area contributed by atoms with Crippen LogP contribution >= 0.6 is 0 Å². The number of aromatic nitrogens is 2. The van der Waals surface area contributed by atoms with Gasteiger partial charge in [-0.15, -0.1) is 0 Å². The van der Waals surface area contributed by atoms with E-state index in [1.807, 2.05) is 13.0 Å². The second kappa shape index (κ2) is 6.85. The minimum absolute atomic E-state index is 0.122. The van der Waals surface area contributed by atoms with Gasteiger partial charge in [0.25, 0.3) is 0 Å². The Kier molecular flexibility index (Phi) is 4.54. The molecule has 1 saturated heterocycles. The first-order valence-electron chi connectivity index (χ1n) is 9.21. The molecular weight excluding hydrogens is 333 g/mol. The number of nitrogens with zero attached hydrogens (tertiary/aromatic N) is 3. The van der Waals surface area contributed by atoms with Crippen LogP contribution in [0.2, 0.25) is 0 Å². The summed E-state index contributed by atoms with van der Waals surface area (Å²) < 4.78 is 21.8. The average Bonchev–Trinajstić information content (AvgIpc) is 2.94. The second-order valence-corrected chi connectivity index (χ2v) is 6.92. The Morgan fingerprint density at radius 3 is 2.73 bits per heavy atom. The number of halogens is 1. The highest BCUT2D eigenvalue weighted by molar-refractivity contribution is 6.09. The molecule has 0 amide bonds. The number of hydrogen-bond acceptors (Lipinski definition) is 4. The first kappa shape index (κ1) is 17.2. The van der Waals surface area contributed by atoms with Crippen LogP contribution in [0, 0.1) is 12.9 Å². The van der Waals surface area contributed by atoms with Gasteiger partial charge in [-0.3, -0.25) is 4.90 Å². The van der Waals surface area contributed by atoms with Crippen LogP contribution in [0.4, 0.5) is 4.39 Å². The molecule has 1 aliphatic rings. The van der Waals surface area contributed by atoms with Crippen LogP contribution in [-0.4, -0.2) is 45.9 Å². The second-order valence-electron chi connectivity index (χ2n) is 6.92. The van der Waals surface area contributed by atoms with E-state index in [1.165, 1.54) is 6.07 Å². The van der Waals surface area contributed by atoms with Gasteiger partial charge in [0, 0.05) is 36.0 Å². The Morgan fingerprint density at radius 1 is 1.23 bits per heavy atom. The molecule has 0 bridgehead atoms. The highest BCUT2D eigenvalue weighted by Gasteiger charge is 2.26. The van der Waals surface area contributed by atoms with Crippen LogP contribution in [0.5, 0.6) is 5.75 Å². The summed E-state index contributed by atoms with van der Waals surface area (Å²) >= 11 is 0. The number of pyridine rings is 1. The molecule has 1 aliphatic heterocycles. The zero-order chi connectivity index (χ0) is 18.3. The topological polar surface area (TPSA) is 50.5 Å². The number of aromatic hydroxyl groups is 1. The minimum atomic E-state index is -0.472. The highest BCUT2D eigenvalue weighted by Crippen LogP contribution is 2.37. The molecule has 1 N–H and O–H groups in total. The van der Waals surface area contributed by atoms with Gasteiger partial charge >= 0.3 is 0 Å². The van der Waals surface area contributed by atoms with Crippen molar-refractivity contribution in [2.45, 2.75) is 32.9 Å². The van der Waals surface area contributed by atoms with E-state index in [0.717, 1.165) is 47.7 Å². The maximum atomic E-state index is 14.0. The van der Waals surface area contributed by atoms with Gasteiger partial charge in [-0.2, -0.15) is 4.39 Å². The smallest absolute Gasteiger partial charge is 0.213 e. The van der Waals surface area contributed by atoms with Crippen LogP contribution < -0.4 is 0 Å². The number of aryl methyl sites for hydroxylation is 1. The molecule has 0 spiro atoms. The molecular formula is C20H24FN3O2. The number of fused-ring (bicyclic) bond motifs is 3. The fraction of sp³-hybridized carbons (Fsp3) is 0.450. The van der Waals surface area contributed by atoms with Crippen molar-refractivity contribution in [1.29, 1.82) is 0 Å². The SMILES string of the molecule is CCCC(N1CCOCC1)n1c2cc(O)ccc2c2cc(F)nc(C)c21. The monoisotopic (exact) mass is 357 g/mol. The Morgan fingerprint density at radius 2 is 2.00 bits per heavy atom. The highest BCUT2D eigenvalue weighted by atomic mass is 19.1. The van der Waals surface area contributed by atoms with Gasteiger partial charge in [-0.1, -0.05) is 13.3 Å². The fourth-order valence-corrected chi connectivity index (χ4v) is 4.12. The molecule has 1 fully saturated rings. The van der Waals surface area contributed by atoms with Crippen molar-refractivity contribution >= 4 is 21.8 Å². The lowest BCUT2D eigenvalue weighted by molar-refractivity contribution is -0.00197. The maximum Gasteiger partial charge on any atom is 0.213 e. The molecule has 1 unspecified atom stereocenters. The van der Waals surface area contributed by atoms with E-state index in [1.54, 1.807) is 12.1 Å². The van der Waals surface area contributed by atoms with Gasteiger partial charge in [-0.25, -0.2) is 4.98 Å². The Balaban J connectivity index is 2.02. The molecule has 1 aromatic carbocycles. The normalized spacial score (nSPS) is 17.2. The largest absolute Gasteiger partial charge is 0.508 e. The lowest BCUT2D eigenvalue weighted by Crippen LogP contribution is -2.41. The number of morpholine rings is 1. The molecule has 4 rings (SSSR count). The first-order valence-corrected chi connectivity index (χ1v) is 9.21. The van der Waals surface area contributed by atoms with Crippen molar-refractivity contribution in [3.63, 3.8) is 0 Å². The molecule has 0 saturated carbocycles. The van der Waals surface area contributed by atoms with Crippen molar-refractivity contribution in [3.05, 3.63) is 35.9 Å².